The van der Waals surface area contributed by atoms with Gasteiger partial charge in [0.05, 0.1) is 12.1 Å². The van der Waals surface area contributed by atoms with E-state index in [2.05, 4.69) is 21.9 Å². The number of hydrogen-bond donors (Lipinski definition) is 0. The lowest BCUT2D eigenvalue weighted by atomic mass is 10.1. The monoisotopic (exact) mass is 200 g/mol. The fraction of sp³-hybridized carbons (Fsp3) is 0.100. The summed E-state index contributed by atoms with van der Waals surface area (Å²) in [7, 11) is 0. The highest BCUT2D eigenvalue weighted by Gasteiger charge is 1.99. The van der Waals surface area contributed by atoms with Crippen molar-refractivity contribution in [2.45, 2.75) is 0 Å². The van der Waals surface area contributed by atoms with Crippen molar-refractivity contribution in [2.75, 3.05) is 6.54 Å². The minimum atomic E-state index is -0.604. The second-order valence-corrected chi connectivity index (χ2v) is 2.50. The van der Waals surface area contributed by atoms with E-state index in [1.54, 1.807) is 6.07 Å². The van der Waals surface area contributed by atoms with Crippen LogP contribution in [0.15, 0.2) is 23.3 Å². The van der Waals surface area contributed by atoms with Gasteiger partial charge in [-0.2, -0.15) is 5.26 Å². The van der Waals surface area contributed by atoms with Crippen molar-refractivity contribution >= 4 is 0 Å². The number of halogens is 1. The molecule has 15 heavy (non-hydrogen) atoms. The molecule has 0 N–H and O–H groups in total. The number of azide groups is 1. The second-order valence-electron chi connectivity index (χ2n) is 2.50. The molecule has 0 atom stereocenters. The maximum atomic E-state index is 13.1. The molecular formula is C10H5FN4. The molecule has 1 rings (SSSR count). The highest BCUT2D eigenvalue weighted by atomic mass is 19.1. The number of rotatable bonds is 1. The van der Waals surface area contributed by atoms with E-state index in [-0.39, 0.29) is 12.1 Å². The molecule has 1 aromatic carbocycles. The van der Waals surface area contributed by atoms with Gasteiger partial charge in [-0.25, -0.2) is 4.39 Å². The smallest absolute Gasteiger partial charge is 0.142 e. The number of hydrogen-bond acceptors (Lipinski definition) is 2. The number of benzene rings is 1. The molecule has 0 saturated carbocycles. The van der Waals surface area contributed by atoms with Crippen LogP contribution in [0.2, 0.25) is 0 Å². The molecule has 0 saturated heterocycles. The Bertz CT molecular complexity index is 512. The van der Waals surface area contributed by atoms with Crippen LogP contribution in [0.1, 0.15) is 11.1 Å². The Hall–Kier alpha value is -2.49. The van der Waals surface area contributed by atoms with Crippen molar-refractivity contribution in [2.24, 2.45) is 5.11 Å². The number of nitrogens with zero attached hydrogens (tertiary/aromatic N) is 4. The Balaban J connectivity index is 2.88. The molecule has 0 amide bonds. The summed E-state index contributed by atoms with van der Waals surface area (Å²) in [6.07, 6.45) is 0. The van der Waals surface area contributed by atoms with Crippen LogP contribution in [0.4, 0.5) is 4.39 Å². The maximum Gasteiger partial charge on any atom is 0.142 e. The zero-order chi connectivity index (χ0) is 11.1. The van der Waals surface area contributed by atoms with E-state index in [9.17, 15) is 4.39 Å². The predicted octanol–water partition coefficient (Wildman–Crippen LogP) is 2.36. The Labute approximate surface area is 85.6 Å². The molecule has 0 radical (unpaired) electrons. The van der Waals surface area contributed by atoms with Gasteiger partial charge >= 0.3 is 0 Å². The topological polar surface area (TPSA) is 72.5 Å². The lowest BCUT2D eigenvalue weighted by Crippen LogP contribution is -1.85. The first-order chi connectivity index (χ1) is 7.27. The largest absolute Gasteiger partial charge is 0.206 e. The van der Waals surface area contributed by atoms with Gasteiger partial charge in [0, 0.05) is 10.5 Å². The maximum absolute atomic E-state index is 13.1. The molecule has 0 aliphatic carbocycles. The quantitative estimate of drug-likeness (QED) is 0.297. The summed E-state index contributed by atoms with van der Waals surface area (Å²) in [5, 5.41) is 11.7. The third-order valence-electron chi connectivity index (χ3n) is 1.54. The van der Waals surface area contributed by atoms with Crippen LogP contribution in [0.25, 0.3) is 10.4 Å². The SMILES string of the molecule is N#Cc1ccc(C#CCN=[N+]=[N-])cc1F. The molecule has 0 fully saturated rings. The fourth-order valence-corrected chi connectivity index (χ4v) is 0.892. The normalized spacial score (nSPS) is 8.00. The van der Waals surface area contributed by atoms with Crippen LogP contribution in [0, 0.1) is 29.0 Å². The first-order valence-corrected chi connectivity index (χ1v) is 3.97. The van der Waals surface area contributed by atoms with E-state index in [1.807, 2.05) is 0 Å². The first kappa shape index (κ1) is 10.6. The van der Waals surface area contributed by atoms with Gasteiger partial charge < -0.3 is 0 Å². The first-order valence-electron chi connectivity index (χ1n) is 3.97. The summed E-state index contributed by atoms with van der Waals surface area (Å²) in [4.78, 5) is 2.52. The Morgan fingerprint density at radius 1 is 1.53 bits per heavy atom. The summed E-state index contributed by atoms with van der Waals surface area (Å²) in [5.41, 5.74) is 8.40. The zero-order valence-corrected chi connectivity index (χ0v) is 7.61. The van der Waals surface area contributed by atoms with Gasteiger partial charge in [-0.15, -0.1) is 0 Å². The minimum absolute atomic E-state index is 0.0180. The van der Waals surface area contributed by atoms with Gasteiger partial charge in [-0.3, -0.25) is 0 Å². The lowest BCUT2D eigenvalue weighted by molar-refractivity contribution is 0.623. The highest BCUT2D eigenvalue weighted by molar-refractivity contribution is 5.41. The van der Waals surface area contributed by atoms with Crippen LogP contribution in [-0.4, -0.2) is 6.54 Å². The molecule has 5 heteroatoms. The minimum Gasteiger partial charge on any atom is -0.206 e. The van der Waals surface area contributed by atoms with E-state index in [4.69, 9.17) is 10.8 Å². The van der Waals surface area contributed by atoms with Crippen LogP contribution < -0.4 is 0 Å². The molecule has 0 aliphatic rings. The summed E-state index contributed by atoms with van der Waals surface area (Å²) in [5.74, 6) is 4.55. The highest BCUT2D eigenvalue weighted by Crippen LogP contribution is 2.08. The Morgan fingerprint density at radius 3 is 2.93 bits per heavy atom. The molecule has 1 aromatic rings. The van der Waals surface area contributed by atoms with Crippen molar-refractivity contribution in [1.82, 2.24) is 0 Å². The second kappa shape index (κ2) is 5.29. The fourth-order valence-electron chi connectivity index (χ4n) is 0.892. The molecule has 72 valence electrons. The van der Waals surface area contributed by atoms with Crippen molar-refractivity contribution in [3.05, 3.63) is 45.6 Å². The van der Waals surface area contributed by atoms with Gasteiger partial charge in [0.15, 0.2) is 0 Å². The summed E-state index contributed by atoms with van der Waals surface area (Å²) < 4.78 is 13.1. The van der Waals surface area contributed by atoms with Crippen LogP contribution in [-0.2, 0) is 0 Å². The standard InChI is InChI=1S/C10H5FN4/c11-10-6-8(2-1-5-14-15-13)3-4-9(10)7-12/h3-4,6H,5H2. The zero-order valence-electron chi connectivity index (χ0n) is 7.61. The third-order valence-corrected chi connectivity index (χ3v) is 1.54. The molecule has 0 bridgehead atoms. The van der Waals surface area contributed by atoms with E-state index < -0.39 is 5.82 Å². The van der Waals surface area contributed by atoms with Crippen molar-refractivity contribution < 1.29 is 4.39 Å². The van der Waals surface area contributed by atoms with Gasteiger partial charge in [-0.05, 0) is 23.7 Å². The molecule has 0 aliphatic heterocycles. The van der Waals surface area contributed by atoms with Crippen molar-refractivity contribution in [3.8, 4) is 17.9 Å². The van der Waals surface area contributed by atoms with Crippen LogP contribution >= 0.6 is 0 Å². The van der Waals surface area contributed by atoms with Crippen molar-refractivity contribution in [3.63, 3.8) is 0 Å². The molecule has 0 spiro atoms. The van der Waals surface area contributed by atoms with E-state index >= 15 is 0 Å². The third kappa shape index (κ3) is 3.04. The van der Waals surface area contributed by atoms with Crippen LogP contribution in [0.3, 0.4) is 0 Å². The van der Waals surface area contributed by atoms with E-state index in [0.29, 0.717) is 5.56 Å². The average Bonchev–Trinajstić information content (AvgIpc) is 2.25. The summed E-state index contributed by atoms with van der Waals surface area (Å²) in [6, 6.07) is 5.76. The van der Waals surface area contributed by atoms with E-state index in [0.717, 1.165) is 0 Å². The summed E-state index contributed by atoms with van der Waals surface area (Å²) >= 11 is 0. The Kier molecular flexibility index (Phi) is 3.73. The van der Waals surface area contributed by atoms with Crippen molar-refractivity contribution in [1.29, 1.82) is 5.26 Å². The van der Waals surface area contributed by atoms with Crippen LogP contribution in [0.5, 0.6) is 0 Å². The van der Waals surface area contributed by atoms with Gasteiger partial charge in [0.25, 0.3) is 0 Å². The molecule has 0 heterocycles. The molecule has 4 nitrogen and oxygen atoms in total. The van der Waals surface area contributed by atoms with Gasteiger partial charge in [0.2, 0.25) is 0 Å². The lowest BCUT2D eigenvalue weighted by Gasteiger charge is -1.93. The van der Waals surface area contributed by atoms with E-state index in [1.165, 1.54) is 18.2 Å². The number of nitriles is 1. The Morgan fingerprint density at radius 2 is 2.33 bits per heavy atom. The molecular weight excluding hydrogens is 195 g/mol. The van der Waals surface area contributed by atoms with Gasteiger partial charge in [-0.1, -0.05) is 17.0 Å². The molecule has 0 aromatic heterocycles. The van der Waals surface area contributed by atoms with Gasteiger partial charge in [0.1, 0.15) is 11.9 Å². The summed E-state index contributed by atoms with van der Waals surface area (Å²) in [6.45, 7) is 0.0398. The molecule has 0 unspecified atom stereocenters. The average molecular weight is 200 g/mol. The predicted molar refractivity (Wildman–Crippen MR) is 52.0 cm³/mol.